The Morgan fingerprint density at radius 3 is 2.05 bits per heavy atom. The van der Waals surface area contributed by atoms with Crippen LogP contribution < -0.4 is 0 Å². The van der Waals surface area contributed by atoms with Crippen molar-refractivity contribution in [1.29, 1.82) is 0 Å². The monoisotopic (exact) mass is 270 g/mol. The van der Waals surface area contributed by atoms with Crippen molar-refractivity contribution in [3.05, 3.63) is 71.8 Å². The molecule has 1 unspecified atom stereocenters. The highest BCUT2D eigenvalue weighted by molar-refractivity contribution is 5.16. The number of benzene rings is 2. The van der Waals surface area contributed by atoms with E-state index in [4.69, 9.17) is 9.78 Å². The molecule has 0 radical (unpaired) electrons. The van der Waals surface area contributed by atoms with E-state index < -0.39 is 0 Å². The van der Waals surface area contributed by atoms with Crippen molar-refractivity contribution in [2.75, 3.05) is 13.7 Å². The Kier molecular flexibility index (Phi) is 6.28. The molecule has 2 nitrogen and oxygen atoms in total. The second-order valence-corrected chi connectivity index (χ2v) is 5.03. The van der Waals surface area contributed by atoms with Gasteiger partial charge < -0.3 is 0 Å². The third-order valence-electron chi connectivity index (χ3n) is 3.47. The molecule has 0 saturated carbocycles. The fourth-order valence-electron chi connectivity index (χ4n) is 2.37. The summed E-state index contributed by atoms with van der Waals surface area (Å²) in [6.45, 7) is 0.637. The Morgan fingerprint density at radius 1 is 0.850 bits per heavy atom. The second kappa shape index (κ2) is 8.51. The van der Waals surface area contributed by atoms with E-state index in [2.05, 4.69) is 54.6 Å². The maximum Gasteiger partial charge on any atom is 0.0853 e. The predicted molar refractivity (Wildman–Crippen MR) is 81.4 cm³/mol. The quantitative estimate of drug-likeness (QED) is 0.532. The molecule has 20 heavy (non-hydrogen) atoms. The van der Waals surface area contributed by atoms with Crippen LogP contribution in [-0.4, -0.2) is 13.7 Å². The first kappa shape index (κ1) is 14.8. The van der Waals surface area contributed by atoms with Gasteiger partial charge in [-0.1, -0.05) is 60.7 Å². The molecule has 0 heterocycles. The highest BCUT2D eigenvalue weighted by atomic mass is 17.2. The average Bonchev–Trinajstić information content (AvgIpc) is 2.52. The molecule has 0 spiro atoms. The summed E-state index contributed by atoms with van der Waals surface area (Å²) in [5.41, 5.74) is 2.73. The van der Waals surface area contributed by atoms with Crippen LogP contribution in [0.1, 0.15) is 17.5 Å². The summed E-state index contributed by atoms with van der Waals surface area (Å²) in [7, 11) is 1.57. The van der Waals surface area contributed by atoms with Crippen molar-refractivity contribution in [2.45, 2.75) is 19.3 Å². The minimum absolute atomic E-state index is 0.470. The summed E-state index contributed by atoms with van der Waals surface area (Å²) in [6.07, 6.45) is 3.20. The van der Waals surface area contributed by atoms with Gasteiger partial charge >= 0.3 is 0 Å². The van der Waals surface area contributed by atoms with E-state index >= 15 is 0 Å². The second-order valence-electron chi connectivity index (χ2n) is 5.03. The Labute approximate surface area is 121 Å². The van der Waals surface area contributed by atoms with Crippen molar-refractivity contribution in [1.82, 2.24) is 0 Å². The largest absolute Gasteiger partial charge is 0.240 e. The maximum atomic E-state index is 5.16. The molecule has 1 atom stereocenters. The SMILES string of the molecule is COOCC(CCc1ccccc1)Cc1ccccc1. The summed E-state index contributed by atoms with van der Waals surface area (Å²) in [5.74, 6) is 0.470. The lowest BCUT2D eigenvalue weighted by atomic mass is 9.93. The minimum Gasteiger partial charge on any atom is -0.240 e. The molecule has 0 aliphatic rings. The van der Waals surface area contributed by atoms with Crippen LogP contribution in [-0.2, 0) is 22.6 Å². The number of hydrogen-bond donors (Lipinski definition) is 0. The Bertz CT molecular complexity index is 467. The Hall–Kier alpha value is -1.64. The normalized spacial score (nSPS) is 12.2. The molecule has 0 saturated heterocycles. The zero-order valence-electron chi connectivity index (χ0n) is 12.0. The van der Waals surface area contributed by atoms with E-state index in [1.807, 2.05) is 6.07 Å². The summed E-state index contributed by atoms with van der Waals surface area (Å²) in [6, 6.07) is 21.1. The highest BCUT2D eigenvalue weighted by Crippen LogP contribution is 2.16. The van der Waals surface area contributed by atoms with Gasteiger partial charge in [-0.15, -0.1) is 0 Å². The fourth-order valence-corrected chi connectivity index (χ4v) is 2.37. The van der Waals surface area contributed by atoms with Crippen LogP contribution in [0.15, 0.2) is 60.7 Å². The lowest BCUT2D eigenvalue weighted by molar-refractivity contribution is -0.280. The lowest BCUT2D eigenvalue weighted by Gasteiger charge is -2.16. The smallest absolute Gasteiger partial charge is 0.0853 e. The van der Waals surface area contributed by atoms with Gasteiger partial charge in [0.1, 0.15) is 0 Å². The van der Waals surface area contributed by atoms with Crippen LogP contribution >= 0.6 is 0 Å². The zero-order valence-corrected chi connectivity index (χ0v) is 12.0. The van der Waals surface area contributed by atoms with Gasteiger partial charge in [0.05, 0.1) is 13.7 Å². The molecule has 0 aliphatic carbocycles. The van der Waals surface area contributed by atoms with Crippen LogP contribution in [0.4, 0.5) is 0 Å². The fraction of sp³-hybridized carbons (Fsp3) is 0.333. The summed E-state index contributed by atoms with van der Waals surface area (Å²) < 4.78 is 0. The minimum atomic E-state index is 0.470. The lowest BCUT2D eigenvalue weighted by Crippen LogP contribution is -2.13. The molecule has 0 N–H and O–H groups in total. The van der Waals surface area contributed by atoms with E-state index in [0.29, 0.717) is 12.5 Å². The van der Waals surface area contributed by atoms with Gasteiger partial charge in [-0.2, -0.15) is 0 Å². The number of aryl methyl sites for hydroxylation is 1. The molecule has 0 bridgehead atoms. The van der Waals surface area contributed by atoms with Crippen LogP contribution in [0.2, 0.25) is 0 Å². The molecule has 0 aromatic heterocycles. The molecule has 2 rings (SSSR count). The molecule has 2 aromatic rings. The summed E-state index contributed by atoms with van der Waals surface area (Å²) >= 11 is 0. The average molecular weight is 270 g/mol. The van der Waals surface area contributed by atoms with E-state index in [1.54, 1.807) is 7.11 Å². The van der Waals surface area contributed by atoms with Gasteiger partial charge in [0.15, 0.2) is 0 Å². The Morgan fingerprint density at radius 2 is 1.45 bits per heavy atom. The first-order valence-electron chi connectivity index (χ1n) is 7.12. The van der Waals surface area contributed by atoms with E-state index in [1.165, 1.54) is 11.1 Å². The molecule has 0 aliphatic heterocycles. The molecule has 2 aromatic carbocycles. The van der Waals surface area contributed by atoms with Crippen molar-refractivity contribution in [2.24, 2.45) is 5.92 Å². The standard InChI is InChI=1S/C18H22O2/c1-19-20-15-18(14-17-10-6-3-7-11-17)13-12-16-8-4-2-5-9-16/h2-11,18H,12-15H2,1H3. The third kappa shape index (κ3) is 5.16. The molecular weight excluding hydrogens is 248 g/mol. The van der Waals surface area contributed by atoms with Crippen molar-refractivity contribution >= 4 is 0 Å². The van der Waals surface area contributed by atoms with Gasteiger partial charge in [0.25, 0.3) is 0 Å². The number of hydrogen-bond acceptors (Lipinski definition) is 2. The van der Waals surface area contributed by atoms with Gasteiger partial charge in [-0.3, -0.25) is 0 Å². The maximum absolute atomic E-state index is 5.16. The Balaban J connectivity index is 1.89. The van der Waals surface area contributed by atoms with E-state index in [9.17, 15) is 0 Å². The van der Waals surface area contributed by atoms with Crippen LogP contribution in [0.3, 0.4) is 0 Å². The third-order valence-corrected chi connectivity index (χ3v) is 3.47. The molecule has 0 fully saturated rings. The van der Waals surface area contributed by atoms with E-state index in [-0.39, 0.29) is 0 Å². The zero-order chi connectivity index (χ0) is 14.0. The van der Waals surface area contributed by atoms with Crippen molar-refractivity contribution < 1.29 is 9.78 Å². The van der Waals surface area contributed by atoms with Crippen LogP contribution in [0, 0.1) is 5.92 Å². The van der Waals surface area contributed by atoms with E-state index in [0.717, 1.165) is 19.3 Å². The number of rotatable bonds is 8. The van der Waals surface area contributed by atoms with Gasteiger partial charge in [-0.25, -0.2) is 9.78 Å². The topological polar surface area (TPSA) is 18.5 Å². The van der Waals surface area contributed by atoms with Gasteiger partial charge in [-0.05, 0) is 36.3 Å². The van der Waals surface area contributed by atoms with Crippen molar-refractivity contribution in [3.8, 4) is 0 Å². The molecular formula is C18H22O2. The van der Waals surface area contributed by atoms with Crippen LogP contribution in [0.25, 0.3) is 0 Å². The molecule has 0 amide bonds. The first-order valence-corrected chi connectivity index (χ1v) is 7.12. The van der Waals surface area contributed by atoms with Crippen molar-refractivity contribution in [3.63, 3.8) is 0 Å². The van der Waals surface area contributed by atoms with Crippen LogP contribution in [0.5, 0.6) is 0 Å². The van der Waals surface area contributed by atoms with Gasteiger partial charge in [0, 0.05) is 0 Å². The highest BCUT2D eigenvalue weighted by Gasteiger charge is 2.11. The molecule has 106 valence electrons. The summed E-state index contributed by atoms with van der Waals surface area (Å²) in [5, 5.41) is 0. The predicted octanol–water partition coefficient (Wildman–Crippen LogP) is 4.06. The first-order chi connectivity index (χ1) is 9.88. The van der Waals surface area contributed by atoms with Gasteiger partial charge in [0.2, 0.25) is 0 Å². The summed E-state index contributed by atoms with van der Waals surface area (Å²) in [4.78, 5) is 9.92. The molecule has 2 heteroatoms.